The summed E-state index contributed by atoms with van der Waals surface area (Å²) >= 11 is 0. The minimum atomic E-state index is 1.03. The lowest BCUT2D eigenvalue weighted by Gasteiger charge is -2.00. The molecule has 2 heterocycles. The Morgan fingerprint density at radius 3 is 2.69 bits per heavy atom. The Balaban J connectivity index is 2.18. The third-order valence-electron chi connectivity index (χ3n) is 2.73. The minimum absolute atomic E-state index is 1.03. The number of benzene rings is 1. The Bertz CT molecular complexity index is 638. The Morgan fingerprint density at radius 2 is 1.88 bits per heavy atom. The third kappa shape index (κ3) is 1.48. The summed E-state index contributed by atoms with van der Waals surface area (Å²) in [5, 5.41) is 1.18. The molecule has 0 aliphatic heterocycles. The van der Waals surface area contributed by atoms with Gasteiger partial charge >= 0.3 is 0 Å². The number of hydrogen-bond acceptors (Lipinski definition) is 1. The molecule has 0 aliphatic rings. The molecule has 0 radical (unpaired) electrons. The lowest BCUT2D eigenvalue weighted by Crippen LogP contribution is -1.84. The fourth-order valence-electron chi connectivity index (χ4n) is 1.88. The third-order valence-corrected chi connectivity index (χ3v) is 2.73. The van der Waals surface area contributed by atoms with E-state index in [1.807, 2.05) is 36.0 Å². The Kier molecular flexibility index (Phi) is 2.00. The number of aryl methyl sites for hydroxylation is 1. The van der Waals surface area contributed by atoms with Crippen LogP contribution in [0.1, 0.15) is 0 Å². The minimum Gasteiger partial charge on any atom is -0.357 e. The van der Waals surface area contributed by atoms with Crippen LogP contribution in [0.25, 0.3) is 22.2 Å². The molecule has 0 spiro atoms. The van der Waals surface area contributed by atoms with Gasteiger partial charge in [0.1, 0.15) is 0 Å². The van der Waals surface area contributed by atoms with Crippen molar-refractivity contribution in [2.75, 3.05) is 0 Å². The number of hydrogen-bond donors (Lipinski definition) is 0. The van der Waals surface area contributed by atoms with Gasteiger partial charge in [0.25, 0.3) is 0 Å². The highest BCUT2D eigenvalue weighted by molar-refractivity contribution is 5.81. The van der Waals surface area contributed by atoms with Gasteiger partial charge in [-0.2, -0.15) is 0 Å². The van der Waals surface area contributed by atoms with Crippen LogP contribution in [0.4, 0.5) is 0 Å². The topological polar surface area (TPSA) is 17.8 Å². The molecule has 2 aromatic heterocycles. The number of para-hydroxylation sites is 1. The molecule has 0 saturated heterocycles. The maximum Gasteiger partial charge on any atom is 0.0724 e. The predicted molar refractivity (Wildman–Crippen MR) is 66.2 cm³/mol. The second kappa shape index (κ2) is 3.49. The van der Waals surface area contributed by atoms with Gasteiger partial charge in [0.15, 0.2) is 0 Å². The van der Waals surface area contributed by atoms with E-state index in [9.17, 15) is 0 Å². The molecular formula is C14H12N2. The van der Waals surface area contributed by atoms with Gasteiger partial charge < -0.3 is 4.57 Å². The van der Waals surface area contributed by atoms with E-state index in [0.29, 0.717) is 0 Å². The van der Waals surface area contributed by atoms with Gasteiger partial charge in [-0.3, -0.25) is 0 Å². The highest BCUT2D eigenvalue weighted by Crippen LogP contribution is 2.20. The summed E-state index contributed by atoms with van der Waals surface area (Å²) < 4.78 is 2.03. The van der Waals surface area contributed by atoms with Crippen LogP contribution in [-0.4, -0.2) is 9.55 Å². The average molecular weight is 208 g/mol. The van der Waals surface area contributed by atoms with Crippen molar-refractivity contribution in [3.63, 3.8) is 0 Å². The van der Waals surface area contributed by atoms with Crippen LogP contribution in [-0.2, 0) is 7.05 Å². The molecule has 0 aliphatic carbocycles. The largest absolute Gasteiger partial charge is 0.357 e. The molecule has 78 valence electrons. The summed E-state index contributed by atoms with van der Waals surface area (Å²) in [5.41, 5.74) is 3.23. The van der Waals surface area contributed by atoms with Crippen molar-refractivity contribution in [3.8, 4) is 11.3 Å². The number of pyridine rings is 1. The lowest BCUT2D eigenvalue weighted by atomic mass is 10.1. The first-order valence-electron chi connectivity index (χ1n) is 5.31. The molecule has 0 atom stereocenters. The van der Waals surface area contributed by atoms with Gasteiger partial charge in [0.2, 0.25) is 0 Å². The van der Waals surface area contributed by atoms with E-state index >= 15 is 0 Å². The van der Waals surface area contributed by atoms with Crippen LogP contribution in [0, 0.1) is 0 Å². The van der Waals surface area contributed by atoms with E-state index < -0.39 is 0 Å². The Labute approximate surface area is 94.2 Å². The van der Waals surface area contributed by atoms with Crippen LogP contribution in [0.3, 0.4) is 0 Å². The van der Waals surface area contributed by atoms with Gasteiger partial charge in [-0.25, -0.2) is 4.98 Å². The Hall–Kier alpha value is -2.09. The summed E-state index contributed by atoms with van der Waals surface area (Å²) in [6.07, 6.45) is 4.11. The molecule has 2 heteroatoms. The van der Waals surface area contributed by atoms with Gasteiger partial charge in [-0.05, 0) is 18.2 Å². The van der Waals surface area contributed by atoms with Crippen LogP contribution in [0.15, 0.2) is 54.9 Å². The van der Waals surface area contributed by atoms with E-state index in [1.165, 1.54) is 5.39 Å². The molecule has 3 aromatic rings. The first-order chi connectivity index (χ1) is 7.83. The fourth-order valence-corrected chi connectivity index (χ4v) is 1.88. The number of aromatic nitrogens is 2. The molecule has 0 fully saturated rings. The summed E-state index contributed by atoms with van der Waals surface area (Å²) in [4.78, 5) is 4.65. The number of nitrogens with zero attached hydrogens (tertiary/aromatic N) is 2. The first-order valence-corrected chi connectivity index (χ1v) is 5.31. The highest BCUT2D eigenvalue weighted by atomic mass is 14.9. The molecule has 0 bridgehead atoms. The van der Waals surface area contributed by atoms with Gasteiger partial charge in [0, 0.05) is 30.4 Å². The summed E-state index contributed by atoms with van der Waals surface area (Å²) in [6, 6.07) is 14.4. The van der Waals surface area contributed by atoms with Crippen molar-refractivity contribution in [1.82, 2.24) is 9.55 Å². The lowest BCUT2D eigenvalue weighted by molar-refractivity contribution is 0.928. The molecule has 1 aromatic carbocycles. The van der Waals surface area contributed by atoms with Crippen molar-refractivity contribution in [2.24, 2.45) is 7.05 Å². The van der Waals surface area contributed by atoms with E-state index in [2.05, 4.69) is 35.4 Å². The number of rotatable bonds is 1. The standard InChI is InChI=1S/C14H12N2/c1-16-9-8-12(10-16)14-7-6-11-4-2-3-5-13(11)15-14/h2-10H,1H3. The maximum absolute atomic E-state index is 4.65. The normalized spacial score (nSPS) is 10.8. The molecule has 0 N–H and O–H groups in total. The molecule has 0 unspecified atom stereocenters. The fraction of sp³-hybridized carbons (Fsp3) is 0.0714. The second-order valence-electron chi connectivity index (χ2n) is 3.95. The molecule has 0 saturated carbocycles. The zero-order valence-corrected chi connectivity index (χ0v) is 9.09. The van der Waals surface area contributed by atoms with Crippen LogP contribution < -0.4 is 0 Å². The van der Waals surface area contributed by atoms with Crippen LogP contribution in [0.5, 0.6) is 0 Å². The van der Waals surface area contributed by atoms with E-state index in [0.717, 1.165) is 16.8 Å². The summed E-state index contributed by atoms with van der Waals surface area (Å²) in [6.45, 7) is 0. The molecular weight excluding hydrogens is 196 g/mol. The Morgan fingerprint density at radius 1 is 1.00 bits per heavy atom. The van der Waals surface area contributed by atoms with Crippen molar-refractivity contribution < 1.29 is 0 Å². The highest BCUT2D eigenvalue weighted by Gasteiger charge is 2.01. The zero-order valence-electron chi connectivity index (χ0n) is 9.09. The maximum atomic E-state index is 4.65. The van der Waals surface area contributed by atoms with E-state index in [-0.39, 0.29) is 0 Å². The van der Waals surface area contributed by atoms with Gasteiger partial charge in [0.05, 0.1) is 11.2 Å². The monoisotopic (exact) mass is 208 g/mol. The summed E-state index contributed by atoms with van der Waals surface area (Å²) in [7, 11) is 2.02. The predicted octanol–water partition coefficient (Wildman–Crippen LogP) is 3.24. The summed E-state index contributed by atoms with van der Waals surface area (Å²) in [5.74, 6) is 0. The van der Waals surface area contributed by atoms with Crippen LogP contribution >= 0.6 is 0 Å². The SMILES string of the molecule is Cn1ccc(-c2ccc3ccccc3n2)c1. The van der Waals surface area contributed by atoms with Crippen molar-refractivity contribution in [2.45, 2.75) is 0 Å². The van der Waals surface area contributed by atoms with Crippen molar-refractivity contribution in [3.05, 3.63) is 54.9 Å². The second-order valence-corrected chi connectivity index (χ2v) is 3.95. The molecule has 3 rings (SSSR count). The zero-order chi connectivity index (χ0) is 11.0. The first kappa shape index (κ1) is 9.16. The van der Waals surface area contributed by atoms with Crippen molar-refractivity contribution >= 4 is 10.9 Å². The molecule has 0 amide bonds. The van der Waals surface area contributed by atoms with Crippen LogP contribution in [0.2, 0.25) is 0 Å². The van der Waals surface area contributed by atoms with Gasteiger partial charge in [-0.15, -0.1) is 0 Å². The van der Waals surface area contributed by atoms with E-state index in [1.54, 1.807) is 0 Å². The van der Waals surface area contributed by atoms with Gasteiger partial charge in [-0.1, -0.05) is 24.3 Å². The number of fused-ring (bicyclic) bond motifs is 1. The van der Waals surface area contributed by atoms with E-state index in [4.69, 9.17) is 0 Å². The quantitative estimate of drug-likeness (QED) is 0.600. The molecule has 16 heavy (non-hydrogen) atoms. The molecule has 2 nitrogen and oxygen atoms in total. The average Bonchev–Trinajstić information content (AvgIpc) is 2.75. The van der Waals surface area contributed by atoms with Crippen molar-refractivity contribution in [1.29, 1.82) is 0 Å². The smallest absolute Gasteiger partial charge is 0.0724 e.